The molecule has 66 valence electrons. The second kappa shape index (κ2) is 5.16. The van der Waals surface area contributed by atoms with Crippen molar-refractivity contribution in [2.75, 3.05) is 0 Å². The average Bonchev–Trinajstić information content (AvgIpc) is 1.86. The average molecular weight is 156 g/mol. The monoisotopic (exact) mass is 156 g/mol. The Morgan fingerprint density at radius 1 is 1.36 bits per heavy atom. The molecule has 2 heteroatoms. The highest BCUT2D eigenvalue weighted by Gasteiger charge is 2.05. The van der Waals surface area contributed by atoms with Gasteiger partial charge in [0.05, 0.1) is 5.84 Å². The van der Waals surface area contributed by atoms with E-state index in [4.69, 9.17) is 11.1 Å². The van der Waals surface area contributed by atoms with Crippen molar-refractivity contribution in [2.45, 2.75) is 40.0 Å². The lowest BCUT2D eigenvalue weighted by Gasteiger charge is -2.14. The molecule has 0 bridgehead atoms. The lowest BCUT2D eigenvalue weighted by atomic mass is 9.92. The van der Waals surface area contributed by atoms with Crippen LogP contribution < -0.4 is 5.73 Å². The van der Waals surface area contributed by atoms with Crippen molar-refractivity contribution in [1.82, 2.24) is 0 Å². The van der Waals surface area contributed by atoms with Gasteiger partial charge in [0.1, 0.15) is 0 Å². The van der Waals surface area contributed by atoms with Crippen LogP contribution in [0.2, 0.25) is 0 Å². The highest BCUT2D eigenvalue weighted by Crippen LogP contribution is 2.16. The molecule has 2 nitrogen and oxygen atoms in total. The fourth-order valence-electron chi connectivity index (χ4n) is 0.948. The summed E-state index contributed by atoms with van der Waals surface area (Å²) < 4.78 is 0. The maximum atomic E-state index is 7.02. The molecule has 3 N–H and O–H groups in total. The van der Waals surface area contributed by atoms with Crippen LogP contribution in [0.1, 0.15) is 40.0 Å². The van der Waals surface area contributed by atoms with E-state index in [1.807, 2.05) is 0 Å². The Labute approximate surface area is 69.7 Å². The molecule has 0 aliphatic carbocycles. The summed E-state index contributed by atoms with van der Waals surface area (Å²) in [6.45, 7) is 6.72. The van der Waals surface area contributed by atoms with Crippen molar-refractivity contribution >= 4 is 5.84 Å². The third kappa shape index (κ3) is 5.89. The molecule has 0 rings (SSSR count). The Bertz CT molecular complexity index is 119. The molecule has 0 aromatic rings. The zero-order chi connectivity index (χ0) is 8.85. The van der Waals surface area contributed by atoms with Gasteiger partial charge in [0.25, 0.3) is 0 Å². The summed E-state index contributed by atoms with van der Waals surface area (Å²) in [7, 11) is 0. The lowest BCUT2D eigenvalue weighted by molar-refractivity contribution is 0.385. The van der Waals surface area contributed by atoms with E-state index in [0.29, 0.717) is 5.84 Å². The van der Waals surface area contributed by atoms with Gasteiger partial charge in [-0.1, -0.05) is 27.2 Å². The molecule has 0 aromatic carbocycles. The van der Waals surface area contributed by atoms with E-state index in [0.717, 1.165) is 24.7 Å². The molecule has 1 atom stereocenters. The molecule has 0 fully saturated rings. The number of hydrogen-bond donors (Lipinski definition) is 2. The van der Waals surface area contributed by atoms with Crippen LogP contribution in [0.4, 0.5) is 0 Å². The van der Waals surface area contributed by atoms with Crippen molar-refractivity contribution in [3.05, 3.63) is 0 Å². The number of rotatable bonds is 5. The summed E-state index contributed by atoms with van der Waals surface area (Å²) in [6, 6.07) is 0. The van der Waals surface area contributed by atoms with Crippen molar-refractivity contribution in [2.24, 2.45) is 17.6 Å². The molecular formula is C9H20N2. The first-order valence-electron chi connectivity index (χ1n) is 4.37. The third-order valence-electron chi connectivity index (χ3n) is 2.24. The van der Waals surface area contributed by atoms with Gasteiger partial charge in [-0.2, -0.15) is 0 Å². The van der Waals surface area contributed by atoms with Gasteiger partial charge >= 0.3 is 0 Å². The number of nitrogens with one attached hydrogen (secondary N) is 1. The van der Waals surface area contributed by atoms with Gasteiger partial charge in [-0.25, -0.2) is 0 Å². The molecule has 0 amide bonds. The topological polar surface area (TPSA) is 49.9 Å². The molecule has 0 saturated heterocycles. The molecule has 0 radical (unpaired) electrons. The minimum Gasteiger partial charge on any atom is -0.388 e. The van der Waals surface area contributed by atoms with Crippen molar-refractivity contribution in [1.29, 1.82) is 5.41 Å². The van der Waals surface area contributed by atoms with E-state index in [9.17, 15) is 0 Å². The van der Waals surface area contributed by atoms with Crippen LogP contribution in [0.15, 0.2) is 0 Å². The molecule has 0 aromatic heterocycles. The first-order chi connectivity index (χ1) is 5.04. The Hall–Kier alpha value is -0.530. The summed E-state index contributed by atoms with van der Waals surface area (Å²) in [4.78, 5) is 0. The van der Waals surface area contributed by atoms with Gasteiger partial charge in [0.15, 0.2) is 0 Å². The molecule has 11 heavy (non-hydrogen) atoms. The van der Waals surface area contributed by atoms with Crippen molar-refractivity contribution < 1.29 is 0 Å². The van der Waals surface area contributed by atoms with Gasteiger partial charge in [-0.3, -0.25) is 5.41 Å². The smallest absolute Gasteiger partial charge is 0.0905 e. The Balaban J connectivity index is 3.31. The number of hydrogen-bond acceptors (Lipinski definition) is 1. The lowest BCUT2D eigenvalue weighted by Crippen LogP contribution is -2.10. The maximum absolute atomic E-state index is 7.02. The Morgan fingerprint density at radius 2 is 1.91 bits per heavy atom. The number of amidine groups is 1. The highest BCUT2D eigenvalue weighted by atomic mass is 14.7. The summed E-state index contributed by atoms with van der Waals surface area (Å²) in [5, 5.41) is 7.02. The summed E-state index contributed by atoms with van der Waals surface area (Å²) in [5.41, 5.74) is 5.24. The quantitative estimate of drug-likeness (QED) is 0.466. The molecule has 0 saturated carbocycles. The fraction of sp³-hybridized carbons (Fsp3) is 0.889. The number of nitrogens with two attached hydrogens (primary N) is 1. The van der Waals surface area contributed by atoms with Crippen LogP contribution >= 0.6 is 0 Å². The largest absolute Gasteiger partial charge is 0.388 e. The zero-order valence-electron chi connectivity index (χ0n) is 7.85. The van der Waals surface area contributed by atoms with Gasteiger partial charge in [-0.15, -0.1) is 0 Å². The van der Waals surface area contributed by atoms with Crippen LogP contribution in [0, 0.1) is 17.2 Å². The van der Waals surface area contributed by atoms with Crippen molar-refractivity contribution in [3.63, 3.8) is 0 Å². The molecule has 0 aliphatic heterocycles. The molecule has 0 heterocycles. The van der Waals surface area contributed by atoms with E-state index >= 15 is 0 Å². The summed E-state index contributed by atoms with van der Waals surface area (Å²) in [6.07, 6.45) is 3.02. The second-order valence-corrected chi connectivity index (χ2v) is 3.64. The van der Waals surface area contributed by atoms with Gasteiger partial charge < -0.3 is 5.73 Å². The minimum atomic E-state index is 0.320. The van der Waals surface area contributed by atoms with Crippen LogP contribution in [-0.4, -0.2) is 5.84 Å². The van der Waals surface area contributed by atoms with Crippen LogP contribution in [0.5, 0.6) is 0 Å². The Morgan fingerprint density at radius 3 is 2.27 bits per heavy atom. The summed E-state index contributed by atoms with van der Waals surface area (Å²) >= 11 is 0. The zero-order valence-corrected chi connectivity index (χ0v) is 7.85. The van der Waals surface area contributed by atoms with Gasteiger partial charge in [-0.05, 0) is 18.3 Å². The van der Waals surface area contributed by atoms with E-state index in [1.54, 1.807) is 0 Å². The fourth-order valence-corrected chi connectivity index (χ4v) is 0.948. The highest BCUT2D eigenvalue weighted by molar-refractivity contribution is 5.76. The normalized spacial score (nSPS) is 13.5. The second-order valence-electron chi connectivity index (χ2n) is 3.64. The first kappa shape index (κ1) is 10.5. The first-order valence-corrected chi connectivity index (χ1v) is 4.37. The minimum absolute atomic E-state index is 0.320. The maximum Gasteiger partial charge on any atom is 0.0905 e. The van der Waals surface area contributed by atoms with E-state index in [-0.39, 0.29) is 0 Å². The Kier molecular flexibility index (Phi) is 4.92. The van der Waals surface area contributed by atoms with Crippen LogP contribution in [0.25, 0.3) is 0 Å². The van der Waals surface area contributed by atoms with Gasteiger partial charge in [0, 0.05) is 6.42 Å². The molecule has 0 aliphatic rings. The van der Waals surface area contributed by atoms with Crippen LogP contribution in [-0.2, 0) is 0 Å². The van der Waals surface area contributed by atoms with Gasteiger partial charge in [0.2, 0.25) is 0 Å². The summed E-state index contributed by atoms with van der Waals surface area (Å²) in [5.74, 6) is 1.83. The van der Waals surface area contributed by atoms with E-state index in [2.05, 4.69) is 20.8 Å². The standard InChI is InChI=1S/C9H20N2/c1-7(2)8(3)5-4-6-9(10)11/h7-8H,4-6H2,1-3H3,(H3,10,11). The molecular weight excluding hydrogens is 136 g/mol. The molecule has 0 spiro atoms. The predicted octanol–water partition coefficient (Wildman–Crippen LogP) is 2.38. The van der Waals surface area contributed by atoms with Crippen molar-refractivity contribution in [3.8, 4) is 0 Å². The van der Waals surface area contributed by atoms with E-state index in [1.165, 1.54) is 6.42 Å². The third-order valence-corrected chi connectivity index (χ3v) is 2.24. The van der Waals surface area contributed by atoms with Crippen LogP contribution in [0.3, 0.4) is 0 Å². The molecule has 1 unspecified atom stereocenters. The SMILES string of the molecule is CC(C)C(C)CCCC(=N)N. The van der Waals surface area contributed by atoms with E-state index < -0.39 is 0 Å². The predicted molar refractivity (Wildman–Crippen MR) is 49.8 cm³/mol.